The van der Waals surface area contributed by atoms with Gasteiger partial charge in [-0.3, -0.25) is 20.3 Å². The number of carbonyl (C=O) groups excluding carboxylic acids is 2. The first kappa shape index (κ1) is 20.6. The molecule has 1 heterocycles. The predicted molar refractivity (Wildman–Crippen MR) is 111 cm³/mol. The van der Waals surface area contributed by atoms with Gasteiger partial charge in [0.25, 0.3) is 5.91 Å². The molecule has 0 spiro atoms. The quantitative estimate of drug-likeness (QED) is 0.288. The lowest BCUT2D eigenvalue weighted by atomic mass is 10.1. The minimum absolute atomic E-state index is 0.270. The van der Waals surface area contributed by atoms with Crippen LogP contribution in [0.5, 0.6) is 0 Å². The second kappa shape index (κ2) is 8.50. The maximum absolute atomic E-state index is 12.6. The Morgan fingerprint density at radius 3 is 2.17 bits per heavy atom. The monoisotopic (exact) mass is 417 g/mol. The van der Waals surface area contributed by atoms with Crippen molar-refractivity contribution in [2.24, 2.45) is 5.84 Å². The number of sulfonamides is 1. The molecule has 154 valence electrons. The van der Waals surface area contributed by atoms with E-state index < -0.39 is 22.1 Å². The zero-order chi connectivity index (χ0) is 21.0. The van der Waals surface area contributed by atoms with Crippen LogP contribution in [-0.2, 0) is 27.7 Å². The summed E-state index contributed by atoms with van der Waals surface area (Å²) in [6.45, 7) is 0.286. The summed E-state index contributed by atoms with van der Waals surface area (Å²) < 4.78 is 24.9. The summed E-state index contributed by atoms with van der Waals surface area (Å²) >= 11 is 0. The zero-order valence-corrected chi connectivity index (χ0v) is 16.7. The number of benzene rings is 2. The van der Waals surface area contributed by atoms with Crippen LogP contribution in [0.15, 0.2) is 48.5 Å². The Bertz CT molecular complexity index is 990. The molecule has 0 saturated carbocycles. The van der Waals surface area contributed by atoms with Crippen LogP contribution in [0.25, 0.3) is 0 Å². The molecule has 2 aromatic carbocycles. The molecule has 0 radical (unpaired) electrons. The van der Waals surface area contributed by atoms with E-state index in [0.717, 1.165) is 23.1 Å². The number of imide groups is 1. The number of nitrogen functional groups attached to an aromatic ring is 1. The lowest BCUT2D eigenvalue weighted by molar-refractivity contribution is -0.127. The Balaban J connectivity index is 1.58. The Labute approximate surface area is 169 Å². The number of urea groups is 1. The van der Waals surface area contributed by atoms with Crippen LogP contribution < -0.4 is 21.3 Å². The van der Waals surface area contributed by atoms with Gasteiger partial charge < -0.3 is 10.7 Å². The van der Waals surface area contributed by atoms with Crippen LogP contribution in [0.1, 0.15) is 11.1 Å². The number of rotatable bonds is 8. The van der Waals surface area contributed by atoms with Crippen LogP contribution in [0, 0.1) is 0 Å². The third-order valence-corrected chi connectivity index (χ3v) is 5.16. The van der Waals surface area contributed by atoms with E-state index in [4.69, 9.17) is 5.84 Å². The summed E-state index contributed by atoms with van der Waals surface area (Å²) in [6, 6.07) is 13.1. The van der Waals surface area contributed by atoms with Crippen LogP contribution in [0.4, 0.5) is 16.2 Å². The summed E-state index contributed by atoms with van der Waals surface area (Å²) in [6.07, 6.45) is 1.95. The minimum atomic E-state index is -3.35. The number of hydrogen-bond donors (Lipinski definition) is 4. The number of nitrogens with one attached hydrogen (secondary N) is 3. The minimum Gasteiger partial charge on any atom is -0.325 e. The SMILES string of the molecule is CS(=O)(=O)Nc1ccc(CC2NC(=O)N(CCc3ccc(NN)cc3)C2=O)cc1. The van der Waals surface area contributed by atoms with Crippen molar-refractivity contribution >= 4 is 33.3 Å². The van der Waals surface area contributed by atoms with Crippen LogP contribution in [0.2, 0.25) is 0 Å². The van der Waals surface area contributed by atoms with Gasteiger partial charge in [0.2, 0.25) is 10.0 Å². The van der Waals surface area contributed by atoms with Crippen molar-refractivity contribution in [1.82, 2.24) is 10.2 Å². The van der Waals surface area contributed by atoms with E-state index in [-0.39, 0.29) is 12.5 Å². The van der Waals surface area contributed by atoms with Crippen molar-refractivity contribution in [1.29, 1.82) is 0 Å². The number of hydrogen-bond acceptors (Lipinski definition) is 6. The van der Waals surface area contributed by atoms with Gasteiger partial charge in [-0.25, -0.2) is 13.2 Å². The van der Waals surface area contributed by atoms with Crippen LogP contribution in [0.3, 0.4) is 0 Å². The number of hydrazine groups is 1. The van der Waals surface area contributed by atoms with Gasteiger partial charge in [-0.2, -0.15) is 0 Å². The molecule has 3 amide bonds. The molecule has 10 heteroatoms. The highest BCUT2D eigenvalue weighted by Gasteiger charge is 2.37. The normalized spacial score (nSPS) is 16.6. The summed E-state index contributed by atoms with van der Waals surface area (Å²) in [5, 5.41) is 2.71. The van der Waals surface area contributed by atoms with Gasteiger partial charge in [0.1, 0.15) is 6.04 Å². The van der Waals surface area contributed by atoms with Gasteiger partial charge in [0, 0.05) is 24.3 Å². The van der Waals surface area contributed by atoms with Gasteiger partial charge in [0.15, 0.2) is 0 Å². The molecule has 0 aliphatic carbocycles. The van der Waals surface area contributed by atoms with Gasteiger partial charge in [-0.15, -0.1) is 0 Å². The molecule has 3 rings (SSSR count). The highest BCUT2D eigenvalue weighted by atomic mass is 32.2. The van der Waals surface area contributed by atoms with Crippen molar-refractivity contribution in [3.05, 3.63) is 59.7 Å². The molecule has 1 saturated heterocycles. The van der Waals surface area contributed by atoms with E-state index in [1.807, 2.05) is 24.3 Å². The lowest BCUT2D eigenvalue weighted by Crippen LogP contribution is -2.33. The number of anilines is 2. The van der Waals surface area contributed by atoms with E-state index in [0.29, 0.717) is 18.5 Å². The average molecular weight is 417 g/mol. The Kier molecular flexibility index (Phi) is 6.04. The highest BCUT2D eigenvalue weighted by Crippen LogP contribution is 2.17. The molecule has 29 heavy (non-hydrogen) atoms. The molecule has 1 aliphatic heterocycles. The topological polar surface area (TPSA) is 134 Å². The van der Waals surface area contributed by atoms with Gasteiger partial charge >= 0.3 is 6.03 Å². The molecule has 5 N–H and O–H groups in total. The van der Waals surface area contributed by atoms with Gasteiger partial charge in [-0.05, 0) is 41.8 Å². The third kappa shape index (κ3) is 5.46. The number of nitrogens with zero attached hydrogens (tertiary/aromatic N) is 1. The van der Waals surface area contributed by atoms with Crippen molar-refractivity contribution in [3.8, 4) is 0 Å². The first-order valence-electron chi connectivity index (χ1n) is 8.99. The predicted octanol–water partition coefficient (Wildman–Crippen LogP) is 1.05. The molecular weight excluding hydrogens is 394 g/mol. The fraction of sp³-hybridized carbons (Fsp3) is 0.263. The average Bonchev–Trinajstić information content (AvgIpc) is 2.94. The standard InChI is InChI=1S/C19H23N5O4S/c1-29(27,28)23-16-8-4-14(5-9-16)12-17-18(25)24(19(26)21-17)11-10-13-2-6-15(22-20)7-3-13/h2-9,17,22-23H,10-12,20H2,1H3,(H,21,26). The summed E-state index contributed by atoms with van der Waals surface area (Å²) in [5.74, 6) is 5.07. The van der Waals surface area contributed by atoms with Crippen LogP contribution in [-0.4, -0.2) is 44.1 Å². The number of carbonyl (C=O) groups is 2. The molecule has 9 nitrogen and oxygen atoms in total. The molecule has 0 bridgehead atoms. The van der Waals surface area contributed by atoms with Crippen molar-refractivity contribution < 1.29 is 18.0 Å². The van der Waals surface area contributed by atoms with E-state index in [2.05, 4.69) is 15.5 Å². The molecule has 1 atom stereocenters. The van der Waals surface area contributed by atoms with E-state index in [9.17, 15) is 18.0 Å². The Morgan fingerprint density at radius 1 is 1.00 bits per heavy atom. The maximum Gasteiger partial charge on any atom is 0.324 e. The van der Waals surface area contributed by atoms with Gasteiger partial charge in [-0.1, -0.05) is 24.3 Å². The molecular formula is C19H23N5O4S. The van der Waals surface area contributed by atoms with E-state index in [1.165, 1.54) is 4.90 Å². The molecule has 1 aliphatic rings. The summed E-state index contributed by atoms with van der Waals surface area (Å²) in [7, 11) is -3.35. The summed E-state index contributed by atoms with van der Waals surface area (Å²) in [5.41, 5.74) is 5.57. The van der Waals surface area contributed by atoms with Crippen molar-refractivity contribution in [2.45, 2.75) is 18.9 Å². The molecule has 1 fully saturated rings. The first-order valence-corrected chi connectivity index (χ1v) is 10.9. The highest BCUT2D eigenvalue weighted by molar-refractivity contribution is 7.92. The Hall–Kier alpha value is -3.11. The second-order valence-corrected chi connectivity index (χ2v) is 8.61. The molecule has 0 aromatic heterocycles. The smallest absolute Gasteiger partial charge is 0.324 e. The maximum atomic E-state index is 12.6. The number of amides is 3. The first-order chi connectivity index (χ1) is 13.7. The van der Waals surface area contributed by atoms with E-state index >= 15 is 0 Å². The van der Waals surface area contributed by atoms with Crippen LogP contribution >= 0.6 is 0 Å². The fourth-order valence-electron chi connectivity index (χ4n) is 3.09. The van der Waals surface area contributed by atoms with Gasteiger partial charge in [0.05, 0.1) is 6.26 Å². The number of nitrogens with two attached hydrogens (primary N) is 1. The third-order valence-electron chi connectivity index (χ3n) is 4.55. The summed E-state index contributed by atoms with van der Waals surface area (Å²) in [4.78, 5) is 26.1. The lowest BCUT2D eigenvalue weighted by Gasteiger charge is -2.13. The van der Waals surface area contributed by atoms with Crippen molar-refractivity contribution in [3.63, 3.8) is 0 Å². The fourth-order valence-corrected chi connectivity index (χ4v) is 3.66. The largest absolute Gasteiger partial charge is 0.325 e. The van der Waals surface area contributed by atoms with E-state index in [1.54, 1.807) is 24.3 Å². The van der Waals surface area contributed by atoms with Crippen molar-refractivity contribution in [2.75, 3.05) is 22.9 Å². The zero-order valence-electron chi connectivity index (χ0n) is 15.9. The second-order valence-electron chi connectivity index (χ2n) is 6.86. The molecule has 1 unspecified atom stereocenters. The molecule has 2 aromatic rings. The Morgan fingerprint density at radius 2 is 1.59 bits per heavy atom.